The van der Waals surface area contributed by atoms with Crippen LogP contribution in [0.5, 0.6) is 0 Å². The van der Waals surface area contributed by atoms with E-state index < -0.39 is 10.0 Å². The standard InChI is InChI=1S/C8H10N2O3S/c1-9-14(12,13)8-4-2-7(3-5-8)6-10-11/h2-5,9H,6H2,1H3. The van der Waals surface area contributed by atoms with Gasteiger partial charge in [0.15, 0.2) is 0 Å². The number of nitrogens with one attached hydrogen (secondary N) is 1. The van der Waals surface area contributed by atoms with Crippen molar-refractivity contribution in [1.29, 1.82) is 0 Å². The van der Waals surface area contributed by atoms with Gasteiger partial charge in [0, 0.05) is 0 Å². The molecule has 0 radical (unpaired) electrons. The summed E-state index contributed by atoms with van der Waals surface area (Å²) in [6.07, 6.45) is 0. The fourth-order valence-electron chi connectivity index (χ4n) is 0.966. The molecule has 0 unspecified atom stereocenters. The Kier molecular flexibility index (Phi) is 3.32. The van der Waals surface area contributed by atoms with Crippen molar-refractivity contribution in [1.82, 2.24) is 4.72 Å². The zero-order valence-electron chi connectivity index (χ0n) is 7.60. The van der Waals surface area contributed by atoms with E-state index in [-0.39, 0.29) is 11.4 Å². The molecule has 0 heterocycles. The molecule has 0 amide bonds. The summed E-state index contributed by atoms with van der Waals surface area (Å²) in [7, 11) is -2.05. The van der Waals surface area contributed by atoms with Gasteiger partial charge < -0.3 is 0 Å². The Balaban J connectivity index is 3.00. The van der Waals surface area contributed by atoms with Gasteiger partial charge in [-0.3, -0.25) is 0 Å². The molecule has 14 heavy (non-hydrogen) atoms. The van der Waals surface area contributed by atoms with Crippen molar-refractivity contribution in [3.05, 3.63) is 34.7 Å². The van der Waals surface area contributed by atoms with Crippen LogP contribution >= 0.6 is 0 Å². The number of sulfonamides is 1. The van der Waals surface area contributed by atoms with Crippen molar-refractivity contribution in [2.24, 2.45) is 5.18 Å². The third-order valence-electron chi connectivity index (χ3n) is 1.75. The van der Waals surface area contributed by atoms with E-state index in [0.29, 0.717) is 5.56 Å². The van der Waals surface area contributed by atoms with Crippen LogP contribution in [0.25, 0.3) is 0 Å². The zero-order valence-corrected chi connectivity index (χ0v) is 8.41. The molecule has 0 bridgehead atoms. The van der Waals surface area contributed by atoms with Crippen LogP contribution in [-0.4, -0.2) is 15.5 Å². The average molecular weight is 214 g/mol. The normalized spacial score (nSPS) is 11.2. The quantitative estimate of drug-likeness (QED) is 0.755. The minimum Gasteiger partial charge on any atom is -0.214 e. The summed E-state index contributed by atoms with van der Waals surface area (Å²) in [6, 6.07) is 6.00. The van der Waals surface area contributed by atoms with Gasteiger partial charge in [-0.25, -0.2) is 13.1 Å². The molecule has 0 atom stereocenters. The number of nitroso groups, excluding NO2 is 1. The lowest BCUT2D eigenvalue weighted by Crippen LogP contribution is -2.18. The molecule has 1 aromatic carbocycles. The molecule has 0 aliphatic rings. The van der Waals surface area contributed by atoms with E-state index in [2.05, 4.69) is 9.90 Å². The third-order valence-corrected chi connectivity index (χ3v) is 3.18. The summed E-state index contributed by atoms with van der Waals surface area (Å²) in [6.45, 7) is 0.0554. The lowest BCUT2D eigenvalue weighted by atomic mass is 10.2. The first kappa shape index (κ1) is 10.8. The first-order chi connectivity index (χ1) is 6.60. The van der Waals surface area contributed by atoms with Crippen molar-refractivity contribution in [2.75, 3.05) is 7.05 Å². The molecule has 6 heteroatoms. The molecule has 0 aliphatic heterocycles. The molecule has 5 nitrogen and oxygen atoms in total. The van der Waals surface area contributed by atoms with Crippen molar-refractivity contribution in [2.45, 2.75) is 11.4 Å². The Bertz CT molecular complexity index is 411. The molecule has 1 aromatic rings. The Morgan fingerprint density at radius 3 is 2.29 bits per heavy atom. The van der Waals surface area contributed by atoms with Crippen molar-refractivity contribution < 1.29 is 8.42 Å². The Morgan fingerprint density at radius 2 is 1.86 bits per heavy atom. The van der Waals surface area contributed by atoms with E-state index in [1.165, 1.54) is 19.2 Å². The van der Waals surface area contributed by atoms with Gasteiger partial charge in [0.1, 0.15) is 6.54 Å². The van der Waals surface area contributed by atoms with E-state index in [4.69, 9.17) is 0 Å². The minimum absolute atomic E-state index is 0.0554. The molecule has 0 fully saturated rings. The van der Waals surface area contributed by atoms with Gasteiger partial charge in [0.05, 0.1) is 4.90 Å². The second-order valence-electron chi connectivity index (χ2n) is 2.64. The predicted molar refractivity (Wildman–Crippen MR) is 52.2 cm³/mol. The Labute approximate surface area is 82.2 Å². The topological polar surface area (TPSA) is 75.6 Å². The highest BCUT2D eigenvalue weighted by atomic mass is 32.2. The average Bonchev–Trinajstić information content (AvgIpc) is 2.19. The fraction of sp³-hybridized carbons (Fsp3) is 0.250. The summed E-state index contributed by atoms with van der Waals surface area (Å²) in [5, 5.41) is 2.70. The summed E-state index contributed by atoms with van der Waals surface area (Å²) in [5.74, 6) is 0. The van der Waals surface area contributed by atoms with Gasteiger partial charge in [-0.1, -0.05) is 17.3 Å². The summed E-state index contributed by atoms with van der Waals surface area (Å²) >= 11 is 0. The molecule has 0 saturated carbocycles. The molecule has 1 N–H and O–H groups in total. The molecular weight excluding hydrogens is 204 g/mol. The summed E-state index contributed by atoms with van der Waals surface area (Å²) in [4.78, 5) is 10.1. The first-order valence-corrected chi connectivity index (χ1v) is 5.40. The maximum atomic E-state index is 11.3. The number of rotatable bonds is 4. The first-order valence-electron chi connectivity index (χ1n) is 3.92. The van der Waals surface area contributed by atoms with Crippen LogP contribution in [-0.2, 0) is 16.6 Å². The monoisotopic (exact) mass is 214 g/mol. The highest BCUT2D eigenvalue weighted by Gasteiger charge is 2.09. The van der Waals surface area contributed by atoms with Crippen molar-refractivity contribution in [3.8, 4) is 0 Å². The van der Waals surface area contributed by atoms with Crippen molar-refractivity contribution >= 4 is 10.0 Å². The van der Waals surface area contributed by atoms with E-state index in [1.807, 2.05) is 0 Å². The molecular formula is C8H10N2O3S. The van der Waals surface area contributed by atoms with E-state index in [0.717, 1.165) is 0 Å². The molecule has 0 aromatic heterocycles. The highest BCUT2D eigenvalue weighted by Crippen LogP contribution is 2.10. The Morgan fingerprint density at radius 1 is 1.29 bits per heavy atom. The smallest absolute Gasteiger partial charge is 0.214 e. The van der Waals surface area contributed by atoms with Crippen LogP contribution < -0.4 is 4.72 Å². The van der Waals surface area contributed by atoms with Crippen LogP contribution in [0.3, 0.4) is 0 Å². The maximum Gasteiger partial charge on any atom is 0.240 e. The highest BCUT2D eigenvalue weighted by molar-refractivity contribution is 7.89. The number of nitrogens with zero attached hydrogens (tertiary/aromatic N) is 1. The molecule has 0 saturated heterocycles. The van der Waals surface area contributed by atoms with Crippen LogP contribution in [0, 0.1) is 4.91 Å². The summed E-state index contributed by atoms with van der Waals surface area (Å²) < 4.78 is 24.7. The predicted octanol–water partition coefficient (Wildman–Crippen LogP) is 0.861. The summed E-state index contributed by atoms with van der Waals surface area (Å²) in [5.41, 5.74) is 0.690. The third kappa shape index (κ3) is 2.36. The molecule has 0 spiro atoms. The SMILES string of the molecule is CNS(=O)(=O)c1ccc(CN=O)cc1. The van der Waals surface area contributed by atoms with E-state index >= 15 is 0 Å². The van der Waals surface area contributed by atoms with Crippen LogP contribution in [0.1, 0.15) is 5.56 Å². The Hall–Kier alpha value is -1.27. The van der Waals surface area contributed by atoms with Gasteiger partial charge >= 0.3 is 0 Å². The number of benzene rings is 1. The van der Waals surface area contributed by atoms with Gasteiger partial charge in [-0.2, -0.15) is 4.91 Å². The lowest BCUT2D eigenvalue weighted by molar-refractivity contribution is 0.588. The van der Waals surface area contributed by atoms with Gasteiger partial charge in [-0.15, -0.1) is 0 Å². The van der Waals surface area contributed by atoms with Gasteiger partial charge in [-0.05, 0) is 24.7 Å². The maximum absolute atomic E-state index is 11.3. The van der Waals surface area contributed by atoms with Crippen LogP contribution in [0.2, 0.25) is 0 Å². The van der Waals surface area contributed by atoms with Crippen molar-refractivity contribution in [3.63, 3.8) is 0 Å². The van der Waals surface area contributed by atoms with E-state index in [9.17, 15) is 13.3 Å². The molecule has 1 rings (SSSR count). The molecule has 0 aliphatic carbocycles. The second kappa shape index (κ2) is 4.30. The van der Waals surface area contributed by atoms with Crippen LogP contribution in [0.4, 0.5) is 0 Å². The number of hydrogen-bond donors (Lipinski definition) is 1. The second-order valence-corrected chi connectivity index (χ2v) is 4.53. The number of hydrogen-bond acceptors (Lipinski definition) is 4. The van der Waals surface area contributed by atoms with Gasteiger partial charge in [0.25, 0.3) is 0 Å². The minimum atomic E-state index is -3.39. The lowest BCUT2D eigenvalue weighted by Gasteiger charge is -2.02. The molecule has 76 valence electrons. The zero-order chi connectivity index (χ0) is 10.6. The fourth-order valence-corrected chi connectivity index (χ4v) is 1.70. The van der Waals surface area contributed by atoms with E-state index in [1.54, 1.807) is 12.1 Å². The largest absolute Gasteiger partial charge is 0.240 e. The van der Waals surface area contributed by atoms with Gasteiger partial charge in [0.2, 0.25) is 10.0 Å². The van der Waals surface area contributed by atoms with Crippen LogP contribution in [0.15, 0.2) is 34.3 Å².